The van der Waals surface area contributed by atoms with Crippen molar-refractivity contribution in [1.82, 2.24) is 9.55 Å². The Morgan fingerprint density at radius 3 is 2.88 bits per heavy atom. The number of hydrogen-bond acceptors (Lipinski definition) is 3. The molecule has 4 rings (SSSR count). The fourth-order valence-corrected chi connectivity index (χ4v) is 4.32. The monoisotopic (exact) mass is 342 g/mol. The quantitative estimate of drug-likeness (QED) is 0.854. The highest BCUT2D eigenvalue weighted by atomic mass is 19.1. The van der Waals surface area contributed by atoms with Gasteiger partial charge in [-0.2, -0.15) is 0 Å². The zero-order valence-electron chi connectivity index (χ0n) is 14.4. The SMILES string of the molecule is COC(O)C[C@@]12CCCCC1=Cc1c(-c3ccc(F)cc3)ncn1C2. The Morgan fingerprint density at radius 1 is 1.32 bits per heavy atom. The molecule has 2 atom stereocenters. The van der Waals surface area contributed by atoms with Crippen molar-refractivity contribution in [2.75, 3.05) is 7.11 Å². The van der Waals surface area contributed by atoms with Crippen LogP contribution in [0.2, 0.25) is 0 Å². The van der Waals surface area contributed by atoms with Gasteiger partial charge in [-0.15, -0.1) is 0 Å². The average Bonchev–Trinajstić information content (AvgIpc) is 3.02. The summed E-state index contributed by atoms with van der Waals surface area (Å²) >= 11 is 0. The first-order chi connectivity index (χ1) is 12.1. The van der Waals surface area contributed by atoms with E-state index in [1.54, 1.807) is 19.2 Å². The van der Waals surface area contributed by atoms with E-state index in [4.69, 9.17) is 4.74 Å². The molecule has 1 aromatic carbocycles. The molecule has 2 heterocycles. The molecule has 25 heavy (non-hydrogen) atoms. The van der Waals surface area contributed by atoms with E-state index in [1.165, 1.54) is 30.5 Å². The molecule has 1 saturated carbocycles. The van der Waals surface area contributed by atoms with Crippen molar-refractivity contribution in [2.24, 2.45) is 5.41 Å². The molecule has 0 radical (unpaired) electrons. The second-order valence-electron chi connectivity index (χ2n) is 7.16. The largest absolute Gasteiger partial charge is 0.368 e. The number of hydrogen-bond donors (Lipinski definition) is 1. The predicted molar refractivity (Wildman–Crippen MR) is 94.1 cm³/mol. The summed E-state index contributed by atoms with van der Waals surface area (Å²) in [6.07, 6.45) is 8.40. The highest BCUT2D eigenvalue weighted by Crippen LogP contribution is 2.49. The molecule has 0 spiro atoms. The molecular formula is C20H23FN2O2. The van der Waals surface area contributed by atoms with Crippen LogP contribution in [0.1, 0.15) is 37.8 Å². The zero-order chi connectivity index (χ0) is 17.4. The van der Waals surface area contributed by atoms with Crippen LogP contribution in [-0.4, -0.2) is 28.1 Å². The summed E-state index contributed by atoms with van der Waals surface area (Å²) < 4.78 is 20.5. The van der Waals surface area contributed by atoms with E-state index in [1.807, 2.05) is 6.33 Å². The third kappa shape index (κ3) is 2.92. The standard InChI is InChI=1S/C20H23FN2O2/c1-25-18(24)11-20-9-3-2-4-15(20)10-17-19(22-13-23(17)12-20)14-5-7-16(21)8-6-14/h5-8,10,13,18,24H,2-4,9,11-12H2,1H3/t18?,20-/m1/s1. The lowest BCUT2D eigenvalue weighted by molar-refractivity contribution is -0.101. The Bertz CT molecular complexity index is 797. The summed E-state index contributed by atoms with van der Waals surface area (Å²) in [7, 11) is 1.55. The first kappa shape index (κ1) is 16.5. The van der Waals surface area contributed by atoms with Gasteiger partial charge in [0.1, 0.15) is 5.82 Å². The van der Waals surface area contributed by atoms with Gasteiger partial charge in [0.2, 0.25) is 0 Å². The lowest BCUT2D eigenvalue weighted by Gasteiger charge is -2.43. The number of aromatic nitrogens is 2. The van der Waals surface area contributed by atoms with Crippen molar-refractivity contribution in [2.45, 2.75) is 44.9 Å². The average molecular weight is 342 g/mol. The first-order valence-corrected chi connectivity index (χ1v) is 8.84. The van der Waals surface area contributed by atoms with Crippen LogP contribution in [0.5, 0.6) is 0 Å². The normalized spacial score (nSPS) is 23.6. The maximum atomic E-state index is 13.2. The van der Waals surface area contributed by atoms with E-state index in [2.05, 4.69) is 15.6 Å². The van der Waals surface area contributed by atoms with Crippen LogP contribution in [0.3, 0.4) is 0 Å². The number of imidazole rings is 1. The van der Waals surface area contributed by atoms with E-state index in [0.717, 1.165) is 36.3 Å². The van der Waals surface area contributed by atoms with Gasteiger partial charge in [-0.05, 0) is 49.6 Å². The van der Waals surface area contributed by atoms with Gasteiger partial charge in [-0.3, -0.25) is 0 Å². The fourth-order valence-electron chi connectivity index (χ4n) is 4.32. The Hall–Kier alpha value is -1.98. The molecule has 1 aliphatic heterocycles. The lowest BCUT2D eigenvalue weighted by Crippen LogP contribution is -2.38. The molecule has 1 aliphatic carbocycles. The Morgan fingerprint density at radius 2 is 2.12 bits per heavy atom. The minimum absolute atomic E-state index is 0.0541. The maximum absolute atomic E-state index is 13.2. The highest BCUT2D eigenvalue weighted by Gasteiger charge is 2.41. The number of halogens is 1. The van der Waals surface area contributed by atoms with Crippen molar-refractivity contribution in [3.8, 4) is 11.3 Å². The van der Waals surface area contributed by atoms with E-state index in [9.17, 15) is 9.50 Å². The van der Waals surface area contributed by atoms with Crippen molar-refractivity contribution >= 4 is 6.08 Å². The second-order valence-corrected chi connectivity index (χ2v) is 7.16. The van der Waals surface area contributed by atoms with Crippen molar-refractivity contribution < 1.29 is 14.2 Å². The Kier molecular flexibility index (Phi) is 4.21. The molecule has 0 saturated heterocycles. The number of allylic oxidation sites excluding steroid dienone is 1. The van der Waals surface area contributed by atoms with Crippen LogP contribution >= 0.6 is 0 Å². The van der Waals surface area contributed by atoms with Gasteiger partial charge in [-0.1, -0.05) is 12.0 Å². The number of aliphatic hydroxyl groups is 1. The summed E-state index contributed by atoms with van der Waals surface area (Å²) in [5.74, 6) is -0.241. The molecule has 1 fully saturated rings. The number of rotatable bonds is 4. The smallest absolute Gasteiger partial charge is 0.155 e. The van der Waals surface area contributed by atoms with E-state index < -0.39 is 6.29 Å². The Labute approximate surface area is 147 Å². The van der Waals surface area contributed by atoms with Crippen LogP contribution in [-0.2, 0) is 11.3 Å². The number of methoxy groups -OCH3 is 1. The van der Waals surface area contributed by atoms with Crippen molar-refractivity contribution in [1.29, 1.82) is 0 Å². The molecular weight excluding hydrogens is 319 g/mol. The van der Waals surface area contributed by atoms with Gasteiger partial charge >= 0.3 is 0 Å². The van der Waals surface area contributed by atoms with E-state index >= 15 is 0 Å². The minimum atomic E-state index is -0.747. The van der Waals surface area contributed by atoms with Crippen LogP contribution < -0.4 is 0 Å². The molecule has 5 heteroatoms. The number of benzene rings is 1. The third-order valence-corrected chi connectivity index (χ3v) is 5.65. The summed E-state index contributed by atoms with van der Waals surface area (Å²) in [6.45, 7) is 0.808. The molecule has 132 valence electrons. The molecule has 0 bridgehead atoms. The van der Waals surface area contributed by atoms with E-state index in [0.29, 0.717) is 6.42 Å². The van der Waals surface area contributed by atoms with Crippen LogP contribution in [0.15, 0.2) is 36.2 Å². The van der Waals surface area contributed by atoms with Crippen molar-refractivity contribution in [3.05, 3.63) is 47.7 Å². The molecule has 1 unspecified atom stereocenters. The van der Waals surface area contributed by atoms with Gasteiger partial charge < -0.3 is 14.4 Å². The summed E-state index contributed by atoms with van der Waals surface area (Å²) in [4.78, 5) is 4.59. The van der Waals surface area contributed by atoms with Crippen LogP contribution in [0.25, 0.3) is 17.3 Å². The second kappa shape index (κ2) is 6.39. The first-order valence-electron chi connectivity index (χ1n) is 8.84. The predicted octanol–water partition coefficient (Wildman–Crippen LogP) is 4.00. The number of fused-ring (bicyclic) bond motifs is 2. The van der Waals surface area contributed by atoms with Gasteiger partial charge in [0.25, 0.3) is 0 Å². The van der Waals surface area contributed by atoms with Crippen molar-refractivity contribution in [3.63, 3.8) is 0 Å². The number of aliphatic hydroxyl groups excluding tert-OH is 1. The maximum Gasteiger partial charge on any atom is 0.155 e. The summed E-state index contributed by atoms with van der Waals surface area (Å²) in [6, 6.07) is 6.48. The van der Waals surface area contributed by atoms with Gasteiger partial charge in [0.05, 0.1) is 17.7 Å². The molecule has 4 nitrogen and oxygen atoms in total. The fraction of sp³-hybridized carbons (Fsp3) is 0.450. The summed E-state index contributed by atoms with van der Waals surface area (Å²) in [5, 5.41) is 10.1. The molecule has 1 aromatic heterocycles. The van der Waals surface area contributed by atoms with Crippen LogP contribution in [0.4, 0.5) is 4.39 Å². The van der Waals surface area contributed by atoms with Gasteiger partial charge in [0.15, 0.2) is 6.29 Å². The Balaban J connectivity index is 1.74. The highest BCUT2D eigenvalue weighted by molar-refractivity contribution is 5.72. The van der Waals surface area contributed by atoms with E-state index in [-0.39, 0.29) is 11.2 Å². The molecule has 0 amide bonds. The van der Waals surface area contributed by atoms with Crippen LogP contribution in [0, 0.1) is 11.2 Å². The van der Waals surface area contributed by atoms with Gasteiger partial charge in [-0.25, -0.2) is 9.37 Å². The zero-order valence-corrected chi connectivity index (χ0v) is 14.4. The number of nitrogens with zero attached hydrogens (tertiary/aromatic N) is 2. The number of ether oxygens (including phenoxy) is 1. The third-order valence-electron chi connectivity index (χ3n) is 5.65. The minimum Gasteiger partial charge on any atom is -0.368 e. The van der Waals surface area contributed by atoms with Gasteiger partial charge in [0, 0.05) is 31.1 Å². The molecule has 2 aromatic rings. The molecule has 2 aliphatic rings. The summed E-state index contributed by atoms with van der Waals surface area (Å²) in [5.41, 5.74) is 4.21. The lowest BCUT2D eigenvalue weighted by atomic mass is 9.66. The topological polar surface area (TPSA) is 47.3 Å². The molecule has 1 N–H and O–H groups in total.